The number of rotatable bonds is 5. The van der Waals surface area contributed by atoms with Crippen molar-refractivity contribution in [1.82, 2.24) is 5.32 Å². The van der Waals surface area contributed by atoms with E-state index in [2.05, 4.69) is 19.2 Å². The molecular weight excluding hydrogens is 325 g/mol. The molecule has 1 fully saturated rings. The van der Waals surface area contributed by atoms with E-state index in [9.17, 15) is 14.0 Å². The van der Waals surface area contributed by atoms with Gasteiger partial charge in [-0.1, -0.05) is 26.7 Å². The number of hydrogen-bond donors (Lipinski definition) is 1. The van der Waals surface area contributed by atoms with E-state index in [1.54, 1.807) is 0 Å². The summed E-state index contributed by atoms with van der Waals surface area (Å²) < 4.78 is 23.7. The van der Waals surface area contributed by atoms with E-state index in [0.717, 1.165) is 18.9 Å². The molecule has 0 unspecified atom stereocenters. The molecule has 0 radical (unpaired) electrons. The van der Waals surface area contributed by atoms with Crippen molar-refractivity contribution in [1.29, 1.82) is 0 Å². The Bertz CT molecular complexity index is 634. The van der Waals surface area contributed by atoms with E-state index < -0.39 is 17.9 Å². The van der Waals surface area contributed by atoms with Crippen LogP contribution in [0.3, 0.4) is 0 Å². The molecule has 1 aliphatic rings. The van der Waals surface area contributed by atoms with Gasteiger partial charge >= 0.3 is 5.97 Å². The number of halogens is 1. The number of ether oxygens (including phenoxy) is 2. The van der Waals surface area contributed by atoms with Gasteiger partial charge in [0.25, 0.3) is 5.91 Å². The molecule has 0 aromatic heterocycles. The van der Waals surface area contributed by atoms with Crippen molar-refractivity contribution in [3.05, 3.63) is 29.6 Å². The van der Waals surface area contributed by atoms with Crippen molar-refractivity contribution < 1.29 is 23.5 Å². The van der Waals surface area contributed by atoms with Crippen LogP contribution in [0.4, 0.5) is 4.39 Å². The average Bonchev–Trinajstić information content (AvgIpc) is 2.58. The van der Waals surface area contributed by atoms with E-state index in [-0.39, 0.29) is 23.3 Å². The van der Waals surface area contributed by atoms with Crippen molar-refractivity contribution in [3.63, 3.8) is 0 Å². The Morgan fingerprint density at radius 3 is 2.64 bits per heavy atom. The van der Waals surface area contributed by atoms with Crippen LogP contribution in [-0.2, 0) is 9.53 Å². The van der Waals surface area contributed by atoms with Gasteiger partial charge < -0.3 is 14.8 Å². The SMILES string of the molecule is COc1ccc(C(=O)O[C@H](C)C(=O)N[C@@H]2CCC[C@@H](C)[C@H]2C)cc1F. The largest absolute Gasteiger partial charge is 0.494 e. The molecule has 0 bridgehead atoms. The third-order valence-corrected chi connectivity index (χ3v) is 5.08. The summed E-state index contributed by atoms with van der Waals surface area (Å²) in [5.41, 5.74) is 0.0395. The summed E-state index contributed by atoms with van der Waals surface area (Å²) >= 11 is 0. The van der Waals surface area contributed by atoms with Crippen LogP contribution in [0.25, 0.3) is 0 Å². The Kier molecular flexibility index (Phi) is 6.39. The van der Waals surface area contributed by atoms with Crippen molar-refractivity contribution in [2.24, 2.45) is 11.8 Å². The van der Waals surface area contributed by atoms with E-state index in [1.807, 2.05) is 0 Å². The van der Waals surface area contributed by atoms with E-state index in [1.165, 1.54) is 32.6 Å². The molecule has 1 saturated carbocycles. The monoisotopic (exact) mass is 351 g/mol. The zero-order valence-electron chi connectivity index (χ0n) is 15.2. The summed E-state index contributed by atoms with van der Waals surface area (Å²) in [5.74, 6) is -0.736. The minimum atomic E-state index is -0.943. The lowest BCUT2D eigenvalue weighted by Gasteiger charge is -2.35. The number of hydrogen-bond acceptors (Lipinski definition) is 4. The van der Waals surface area contributed by atoms with Crippen LogP contribution in [-0.4, -0.2) is 31.1 Å². The number of benzene rings is 1. The quantitative estimate of drug-likeness (QED) is 0.827. The Balaban J connectivity index is 1.94. The molecule has 1 aliphatic carbocycles. The van der Waals surface area contributed by atoms with Gasteiger partial charge in [0.15, 0.2) is 17.7 Å². The first-order valence-electron chi connectivity index (χ1n) is 8.68. The molecule has 0 heterocycles. The second-order valence-corrected chi connectivity index (χ2v) is 6.78. The maximum Gasteiger partial charge on any atom is 0.339 e. The van der Waals surface area contributed by atoms with E-state index in [0.29, 0.717) is 11.8 Å². The Morgan fingerprint density at radius 2 is 2.00 bits per heavy atom. The van der Waals surface area contributed by atoms with Gasteiger partial charge in [-0.25, -0.2) is 9.18 Å². The molecule has 4 atom stereocenters. The van der Waals surface area contributed by atoms with Crippen molar-refractivity contribution in [2.45, 2.75) is 52.2 Å². The Labute approximate surface area is 147 Å². The standard InChI is InChI=1S/C19H26FNO4/c1-11-6-5-7-16(12(11)2)21-18(22)13(3)25-19(23)14-8-9-17(24-4)15(20)10-14/h8-13,16H,5-7H2,1-4H3,(H,21,22)/t11-,12-,13-,16-/m1/s1. The number of methoxy groups -OCH3 is 1. The van der Waals surface area contributed by atoms with Crippen molar-refractivity contribution in [3.8, 4) is 5.75 Å². The number of carbonyl (C=O) groups excluding carboxylic acids is 2. The van der Waals surface area contributed by atoms with Crippen LogP contribution in [0.2, 0.25) is 0 Å². The van der Waals surface area contributed by atoms with Gasteiger partial charge in [-0.3, -0.25) is 4.79 Å². The van der Waals surface area contributed by atoms with Crippen LogP contribution in [0.1, 0.15) is 50.4 Å². The van der Waals surface area contributed by atoms with Crippen LogP contribution >= 0.6 is 0 Å². The Morgan fingerprint density at radius 1 is 1.28 bits per heavy atom. The molecule has 1 N–H and O–H groups in total. The lowest BCUT2D eigenvalue weighted by atomic mass is 9.78. The molecule has 25 heavy (non-hydrogen) atoms. The predicted molar refractivity (Wildman–Crippen MR) is 91.9 cm³/mol. The van der Waals surface area contributed by atoms with Crippen LogP contribution in [0.5, 0.6) is 5.75 Å². The second kappa shape index (κ2) is 8.32. The van der Waals surface area contributed by atoms with Gasteiger partial charge in [0.05, 0.1) is 12.7 Å². The Hall–Kier alpha value is -2.11. The molecule has 0 spiro atoms. The summed E-state index contributed by atoms with van der Waals surface area (Å²) in [6.45, 7) is 5.83. The van der Waals surface area contributed by atoms with E-state index >= 15 is 0 Å². The fourth-order valence-corrected chi connectivity index (χ4v) is 3.16. The highest BCUT2D eigenvalue weighted by molar-refractivity contribution is 5.92. The number of nitrogens with one attached hydrogen (secondary N) is 1. The number of esters is 1. The number of amides is 1. The number of carbonyl (C=O) groups is 2. The van der Waals surface area contributed by atoms with Gasteiger partial charge in [-0.15, -0.1) is 0 Å². The maximum absolute atomic E-state index is 13.7. The van der Waals surface area contributed by atoms with Crippen LogP contribution in [0.15, 0.2) is 18.2 Å². The third kappa shape index (κ3) is 4.71. The minimum absolute atomic E-state index is 0.0395. The fourth-order valence-electron chi connectivity index (χ4n) is 3.16. The average molecular weight is 351 g/mol. The summed E-state index contributed by atoms with van der Waals surface area (Å²) in [4.78, 5) is 24.4. The van der Waals surface area contributed by atoms with Gasteiger partial charge in [-0.05, 0) is 43.4 Å². The fraction of sp³-hybridized carbons (Fsp3) is 0.579. The molecule has 2 rings (SSSR count). The maximum atomic E-state index is 13.7. The summed E-state index contributed by atoms with van der Waals surface area (Å²) in [7, 11) is 1.34. The van der Waals surface area contributed by atoms with Gasteiger partial charge in [-0.2, -0.15) is 0 Å². The summed E-state index contributed by atoms with van der Waals surface area (Å²) in [5, 5.41) is 2.98. The molecule has 1 aromatic carbocycles. The van der Waals surface area contributed by atoms with Gasteiger partial charge in [0.1, 0.15) is 0 Å². The predicted octanol–water partition coefficient (Wildman–Crippen LogP) is 3.32. The molecular formula is C19H26FNO4. The molecule has 138 valence electrons. The highest BCUT2D eigenvalue weighted by atomic mass is 19.1. The minimum Gasteiger partial charge on any atom is -0.494 e. The zero-order valence-corrected chi connectivity index (χ0v) is 15.2. The third-order valence-electron chi connectivity index (χ3n) is 5.08. The molecule has 6 heteroatoms. The topological polar surface area (TPSA) is 64.6 Å². The first-order chi connectivity index (χ1) is 11.8. The van der Waals surface area contributed by atoms with Crippen molar-refractivity contribution in [2.75, 3.05) is 7.11 Å². The highest BCUT2D eigenvalue weighted by Crippen LogP contribution is 2.29. The lowest BCUT2D eigenvalue weighted by molar-refractivity contribution is -0.130. The van der Waals surface area contributed by atoms with Gasteiger partial charge in [0, 0.05) is 6.04 Å². The normalized spacial score (nSPS) is 24.3. The van der Waals surface area contributed by atoms with Crippen LogP contribution in [0, 0.1) is 17.7 Å². The highest BCUT2D eigenvalue weighted by Gasteiger charge is 2.30. The molecule has 1 amide bonds. The summed E-state index contributed by atoms with van der Waals surface area (Å²) in [6.07, 6.45) is 2.24. The second-order valence-electron chi connectivity index (χ2n) is 6.78. The smallest absolute Gasteiger partial charge is 0.339 e. The molecule has 1 aromatic rings. The first kappa shape index (κ1) is 19.2. The van der Waals surface area contributed by atoms with Crippen LogP contribution < -0.4 is 10.1 Å². The van der Waals surface area contributed by atoms with E-state index in [4.69, 9.17) is 9.47 Å². The molecule has 0 aliphatic heterocycles. The van der Waals surface area contributed by atoms with Gasteiger partial charge in [0.2, 0.25) is 0 Å². The molecule has 0 saturated heterocycles. The zero-order chi connectivity index (χ0) is 18.6. The molecule has 5 nitrogen and oxygen atoms in total. The van der Waals surface area contributed by atoms with Crippen molar-refractivity contribution >= 4 is 11.9 Å². The lowest BCUT2D eigenvalue weighted by Crippen LogP contribution is -2.47. The first-order valence-corrected chi connectivity index (χ1v) is 8.68. The summed E-state index contributed by atoms with van der Waals surface area (Å²) in [6, 6.07) is 3.88.